The van der Waals surface area contributed by atoms with Gasteiger partial charge in [0.15, 0.2) is 0 Å². The standard InChI is InChI=1S/C31H30N2O/c1-20-8-12-22(13-9-20)27-24-16-17-31(19-24,25-14-10-21(2)11-15-25)28(27)30(34)33-26-7-3-5-23-6-4-18-32-29(23)26/h3-15,18,24,27-28H,16-17,19H2,1-2H3,(H,33,34). The average molecular weight is 447 g/mol. The summed E-state index contributed by atoms with van der Waals surface area (Å²) in [4.78, 5) is 18.8. The molecule has 3 aromatic carbocycles. The summed E-state index contributed by atoms with van der Waals surface area (Å²) in [6.45, 7) is 4.25. The van der Waals surface area contributed by atoms with Crippen molar-refractivity contribution < 1.29 is 4.79 Å². The fourth-order valence-corrected chi connectivity index (χ4v) is 6.73. The molecule has 170 valence electrons. The number of hydrogen-bond acceptors (Lipinski definition) is 2. The molecule has 0 aliphatic heterocycles. The molecule has 1 amide bonds. The number of aryl methyl sites for hydroxylation is 2. The molecule has 0 saturated heterocycles. The average Bonchev–Trinajstić information content (AvgIpc) is 3.43. The first kappa shape index (κ1) is 21.1. The van der Waals surface area contributed by atoms with Crippen LogP contribution in [0, 0.1) is 25.7 Å². The summed E-state index contributed by atoms with van der Waals surface area (Å²) in [6.07, 6.45) is 5.10. The van der Waals surface area contributed by atoms with Crippen LogP contribution in [0.2, 0.25) is 0 Å². The predicted octanol–water partition coefficient (Wildman–Crippen LogP) is 6.94. The van der Waals surface area contributed by atoms with Gasteiger partial charge in [-0.15, -0.1) is 0 Å². The van der Waals surface area contributed by atoms with Crippen LogP contribution in [0.15, 0.2) is 85.1 Å². The summed E-state index contributed by atoms with van der Waals surface area (Å²) in [7, 11) is 0. The highest BCUT2D eigenvalue weighted by molar-refractivity contribution is 6.02. The number of rotatable bonds is 4. The van der Waals surface area contributed by atoms with Gasteiger partial charge in [-0.3, -0.25) is 9.78 Å². The first-order valence-electron chi connectivity index (χ1n) is 12.3. The first-order valence-corrected chi connectivity index (χ1v) is 12.3. The van der Waals surface area contributed by atoms with Gasteiger partial charge in [0.1, 0.15) is 0 Å². The van der Waals surface area contributed by atoms with E-state index in [1.165, 1.54) is 28.7 Å². The van der Waals surface area contributed by atoms with Crippen molar-refractivity contribution in [2.75, 3.05) is 5.32 Å². The molecule has 3 heteroatoms. The molecule has 2 bridgehead atoms. The van der Waals surface area contributed by atoms with Crippen LogP contribution in [0.1, 0.15) is 47.4 Å². The van der Waals surface area contributed by atoms with Gasteiger partial charge in [0.2, 0.25) is 5.91 Å². The largest absolute Gasteiger partial charge is 0.324 e. The Bertz CT molecular complexity index is 1350. The normalized spacial score (nSPS) is 25.5. The molecule has 2 saturated carbocycles. The topological polar surface area (TPSA) is 42.0 Å². The third kappa shape index (κ3) is 3.34. The Labute approximate surface area is 201 Å². The van der Waals surface area contributed by atoms with Gasteiger partial charge in [0.05, 0.1) is 17.1 Å². The SMILES string of the molecule is Cc1ccc(C2C3CCC(c4ccc(C)cc4)(C3)C2C(=O)Nc2cccc3cccnc23)cc1. The second-order valence-corrected chi connectivity index (χ2v) is 10.3. The molecule has 6 rings (SSSR count). The van der Waals surface area contributed by atoms with E-state index in [2.05, 4.69) is 72.7 Å². The maximum Gasteiger partial charge on any atom is 0.229 e. The van der Waals surface area contributed by atoms with Gasteiger partial charge in [-0.2, -0.15) is 0 Å². The van der Waals surface area contributed by atoms with Gasteiger partial charge in [0.25, 0.3) is 0 Å². The van der Waals surface area contributed by atoms with Crippen molar-refractivity contribution in [2.45, 2.75) is 44.4 Å². The van der Waals surface area contributed by atoms with Crippen LogP contribution < -0.4 is 5.32 Å². The van der Waals surface area contributed by atoms with Crippen LogP contribution in [0.25, 0.3) is 10.9 Å². The zero-order valence-corrected chi connectivity index (χ0v) is 19.8. The highest BCUT2D eigenvalue weighted by atomic mass is 16.2. The van der Waals surface area contributed by atoms with Gasteiger partial charge in [0, 0.05) is 17.0 Å². The van der Waals surface area contributed by atoms with Crippen LogP contribution in [-0.4, -0.2) is 10.9 Å². The second kappa shape index (κ2) is 8.09. The Morgan fingerprint density at radius 3 is 2.38 bits per heavy atom. The van der Waals surface area contributed by atoms with Crippen molar-refractivity contribution in [1.29, 1.82) is 0 Å². The van der Waals surface area contributed by atoms with Crippen molar-refractivity contribution in [3.8, 4) is 0 Å². The Balaban J connectivity index is 1.45. The predicted molar refractivity (Wildman–Crippen MR) is 138 cm³/mol. The molecule has 2 fully saturated rings. The molecule has 3 nitrogen and oxygen atoms in total. The van der Waals surface area contributed by atoms with Gasteiger partial charge >= 0.3 is 0 Å². The Morgan fingerprint density at radius 1 is 0.912 bits per heavy atom. The van der Waals surface area contributed by atoms with Crippen molar-refractivity contribution in [3.05, 3.63) is 107 Å². The lowest BCUT2D eigenvalue weighted by Gasteiger charge is -2.39. The van der Waals surface area contributed by atoms with Crippen LogP contribution >= 0.6 is 0 Å². The van der Waals surface area contributed by atoms with Gasteiger partial charge in [-0.05, 0) is 68.2 Å². The van der Waals surface area contributed by atoms with E-state index in [0.717, 1.165) is 29.4 Å². The lowest BCUT2D eigenvalue weighted by molar-refractivity contribution is -0.122. The Kier molecular flexibility index (Phi) is 5.02. The van der Waals surface area contributed by atoms with Gasteiger partial charge in [-0.1, -0.05) is 77.9 Å². The van der Waals surface area contributed by atoms with Crippen molar-refractivity contribution in [2.24, 2.45) is 11.8 Å². The Morgan fingerprint density at radius 2 is 1.62 bits per heavy atom. The molecule has 1 heterocycles. The minimum Gasteiger partial charge on any atom is -0.324 e. The number of aromatic nitrogens is 1. The number of para-hydroxylation sites is 1. The minimum atomic E-state index is -0.129. The number of anilines is 1. The van der Waals surface area contributed by atoms with E-state index in [-0.39, 0.29) is 23.2 Å². The molecule has 4 aromatic rings. The summed E-state index contributed by atoms with van der Waals surface area (Å²) in [5, 5.41) is 4.37. The van der Waals surface area contributed by atoms with E-state index in [9.17, 15) is 4.79 Å². The van der Waals surface area contributed by atoms with Gasteiger partial charge < -0.3 is 5.32 Å². The molecule has 2 aliphatic rings. The van der Waals surface area contributed by atoms with E-state index in [0.29, 0.717) is 5.92 Å². The molecule has 2 aliphatic carbocycles. The molecule has 0 spiro atoms. The smallest absolute Gasteiger partial charge is 0.229 e. The lowest BCUT2D eigenvalue weighted by Crippen LogP contribution is -2.42. The number of hydrogen-bond donors (Lipinski definition) is 1. The number of pyridine rings is 1. The summed E-state index contributed by atoms with van der Waals surface area (Å²) >= 11 is 0. The van der Waals surface area contributed by atoms with Crippen molar-refractivity contribution >= 4 is 22.5 Å². The highest BCUT2D eigenvalue weighted by Gasteiger charge is 2.61. The van der Waals surface area contributed by atoms with Crippen LogP contribution in [-0.2, 0) is 10.2 Å². The van der Waals surface area contributed by atoms with Crippen LogP contribution in [0.4, 0.5) is 5.69 Å². The molecule has 4 unspecified atom stereocenters. The minimum absolute atomic E-state index is 0.115. The zero-order chi connectivity index (χ0) is 23.3. The van der Waals surface area contributed by atoms with Crippen LogP contribution in [0.3, 0.4) is 0 Å². The molecule has 34 heavy (non-hydrogen) atoms. The maximum absolute atomic E-state index is 14.2. The zero-order valence-electron chi connectivity index (χ0n) is 19.8. The third-order valence-electron chi connectivity index (χ3n) is 8.31. The summed E-state index contributed by atoms with van der Waals surface area (Å²) < 4.78 is 0. The molecule has 1 aromatic heterocycles. The number of benzene rings is 3. The van der Waals surface area contributed by atoms with Crippen molar-refractivity contribution in [3.63, 3.8) is 0 Å². The molecule has 4 atom stereocenters. The van der Waals surface area contributed by atoms with Gasteiger partial charge in [-0.25, -0.2) is 0 Å². The second-order valence-electron chi connectivity index (χ2n) is 10.3. The third-order valence-corrected chi connectivity index (χ3v) is 8.31. The van der Waals surface area contributed by atoms with Crippen molar-refractivity contribution in [1.82, 2.24) is 4.98 Å². The number of carbonyl (C=O) groups excluding carboxylic acids is 1. The monoisotopic (exact) mass is 446 g/mol. The highest BCUT2D eigenvalue weighted by Crippen LogP contribution is 2.64. The first-order chi connectivity index (χ1) is 16.5. The number of amides is 1. The van der Waals surface area contributed by atoms with E-state index < -0.39 is 0 Å². The maximum atomic E-state index is 14.2. The number of nitrogens with zero attached hydrogens (tertiary/aromatic N) is 1. The molecule has 1 N–H and O–H groups in total. The van der Waals surface area contributed by atoms with E-state index in [1.54, 1.807) is 6.20 Å². The van der Waals surface area contributed by atoms with E-state index in [1.807, 2.05) is 30.3 Å². The fourth-order valence-electron chi connectivity index (χ4n) is 6.73. The molecular weight excluding hydrogens is 416 g/mol. The Hall–Kier alpha value is -3.46. The molecular formula is C31H30N2O. The summed E-state index contributed by atoms with van der Waals surface area (Å²) in [5.41, 5.74) is 6.63. The van der Waals surface area contributed by atoms with Crippen LogP contribution in [0.5, 0.6) is 0 Å². The molecule has 0 radical (unpaired) electrons. The van der Waals surface area contributed by atoms with E-state index in [4.69, 9.17) is 0 Å². The number of nitrogens with one attached hydrogen (secondary N) is 1. The summed E-state index contributed by atoms with van der Waals surface area (Å²) in [6, 6.07) is 27.7. The fraction of sp³-hybridized carbons (Fsp3) is 0.290. The number of carbonyl (C=O) groups is 1. The lowest BCUT2D eigenvalue weighted by atomic mass is 9.64. The quantitative estimate of drug-likeness (QED) is 0.369. The summed E-state index contributed by atoms with van der Waals surface area (Å²) in [5.74, 6) is 0.742. The van der Waals surface area contributed by atoms with E-state index >= 15 is 0 Å². The number of fused-ring (bicyclic) bond motifs is 3.